The van der Waals surface area contributed by atoms with Crippen LogP contribution < -0.4 is 5.32 Å². The number of carbonyl (C=O) groups is 1. The van der Waals surface area contributed by atoms with Crippen molar-refractivity contribution in [3.63, 3.8) is 0 Å². The summed E-state index contributed by atoms with van der Waals surface area (Å²) in [5, 5.41) is 2.43. The Kier molecular flexibility index (Phi) is 4.97. The minimum Gasteiger partial charge on any atom is -0.309 e. The molecule has 112 valence electrons. The van der Waals surface area contributed by atoms with Gasteiger partial charge in [0.05, 0.1) is 17.9 Å². The fraction of sp³-hybridized carbons (Fsp3) is 0.538. The molecule has 0 aromatic rings. The maximum absolute atomic E-state index is 12.4. The lowest BCUT2D eigenvalue weighted by molar-refractivity contribution is -0.139. The first-order valence-corrected chi connectivity index (χ1v) is 6.14. The van der Waals surface area contributed by atoms with Gasteiger partial charge in [-0.25, -0.2) is 4.79 Å². The summed E-state index contributed by atoms with van der Waals surface area (Å²) in [6, 6.07) is -0.780. The number of nitrogens with one attached hydrogen (secondary N) is 1. The molecule has 0 fully saturated rings. The van der Waals surface area contributed by atoms with Crippen LogP contribution in [0.2, 0.25) is 0 Å². The fourth-order valence-corrected chi connectivity index (χ4v) is 1.60. The summed E-state index contributed by atoms with van der Waals surface area (Å²) in [5.41, 5.74) is 1.73. The van der Waals surface area contributed by atoms with Gasteiger partial charge in [0.15, 0.2) is 0 Å². The van der Waals surface area contributed by atoms with Gasteiger partial charge in [0.1, 0.15) is 6.54 Å². The highest BCUT2D eigenvalue weighted by atomic mass is 19.4. The Morgan fingerprint density at radius 1 is 1.55 bits per heavy atom. The number of amides is 2. The van der Waals surface area contributed by atoms with Crippen molar-refractivity contribution in [3.05, 3.63) is 23.0 Å². The van der Waals surface area contributed by atoms with Crippen molar-refractivity contribution in [1.82, 2.24) is 10.2 Å². The van der Waals surface area contributed by atoms with Crippen molar-refractivity contribution in [3.8, 4) is 0 Å². The summed E-state index contributed by atoms with van der Waals surface area (Å²) in [7, 11) is 0. The van der Waals surface area contributed by atoms with Gasteiger partial charge in [-0.15, -0.1) is 0 Å². The summed E-state index contributed by atoms with van der Waals surface area (Å²) in [6.45, 7) is 7.68. The Morgan fingerprint density at radius 2 is 2.15 bits per heavy atom. The van der Waals surface area contributed by atoms with Crippen molar-refractivity contribution in [2.75, 3.05) is 13.1 Å². The van der Waals surface area contributed by atoms with E-state index in [0.29, 0.717) is 16.3 Å². The number of urea groups is 1. The minimum atomic E-state index is -4.44. The summed E-state index contributed by atoms with van der Waals surface area (Å²) in [5.74, 6) is 0.263. The molecule has 4 nitrogen and oxygen atoms in total. The van der Waals surface area contributed by atoms with Gasteiger partial charge < -0.3 is 10.2 Å². The summed E-state index contributed by atoms with van der Waals surface area (Å²) in [4.78, 5) is 16.1. The molecule has 0 bridgehead atoms. The van der Waals surface area contributed by atoms with E-state index in [1.54, 1.807) is 6.08 Å². The molecule has 0 aliphatic carbocycles. The molecule has 1 rings (SSSR count). The highest BCUT2D eigenvalue weighted by Gasteiger charge is 2.35. The van der Waals surface area contributed by atoms with Crippen LogP contribution >= 0.6 is 0 Å². The number of rotatable bonds is 4. The number of halogens is 3. The van der Waals surface area contributed by atoms with E-state index in [2.05, 4.69) is 17.0 Å². The van der Waals surface area contributed by atoms with Crippen LogP contribution in [0.5, 0.6) is 0 Å². The van der Waals surface area contributed by atoms with E-state index in [-0.39, 0.29) is 12.5 Å². The van der Waals surface area contributed by atoms with E-state index >= 15 is 0 Å². The number of carbonyl (C=O) groups excluding carboxylic acids is 1. The lowest BCUT2D eigenvalue weighted by Crippen LogP contribution is -2.48. The molecule has 1 aliphatic heterocycles. The van der Waals surface area contributed by atoms with E-state index in [1.165, 1.54) is 0 Å². The molecule has 7 heteroatoms. The topological polar surface area (TPSA) is 44.7 Å². The molecular weight excluding hydrogens is 271 g/mol. The number of aliphatic imine (C=N–C) groups is 1. The SMILES string of the molecule is C=NC1=C(/C=C(\C)C(C)C)NC(=O)N(CC(F)(F)F)C1. The smallest absolute Gasteiger partial charge is 0.309 e. The van der Waals surface area contributed by atoms with Gasteiger partial charge >= 0.3 is 12.2 Å². The van der Waals surface area contributed by atoms with E-state index < -0.39 is 18.8 Å². The first kappa shape index (κ1) is 16.3. The van der Waals surface area contributed by atoms with Crippen molar-refractivity contribution >= 4 is 12.7 Å². The molecule has 0 aromatic carbocycles. The third kappa shape index (κ3) is 4.40. The second-order valence-electron chi connectivity index (χ2n) is 4.96. The maximum atomic E-state index is 12.4. The standard InChI is InChI=1S/C13H18F3N3O/c1-8(2)9(3)5-10-11(17-4)6-19(12(20)18-10)7-13(14,15)16/h5,8H,4,6-7H2,1-3H3,(H,18,20)/b9-5+. The number of hydrogen-bond acceptors (Lipinski definition) is 2. The van der Waals surface area contributed by atoms with E-state index in [4.69, 9.17) is 0 Å². The second-order valence-corrected chi connectivity index (χ2v) is 4.96. The van der Waals surface area contributed by atoms with Crippen LogP contribution in [-0.2, 0) is 0 Å². The molecule has 0 unspecified atom stereocenters. The molecule has 20 heavy (non-hydrogen) atoms. The largest absolute Gasteiger partial charge is 0.406 e. The third-order valence-corrected chi connectivity index (χ3v) is 3.02. The summed E-state index contributed by atoms with van der Waals surface area (Å²) < 4.78 is 37.1. The average molecular weight is 289 g/mol. The Bertz CT molecular complexity index is 464. The first-order chi connectivity index (χ1) is 9.14. The van der Waals surface area contributed by atoms with Crippen LogP contribution in [0.3, 0.4) is 0 Å². The molecule has 2 amide bonds. The number of allylic oxidation sites excluding steroid dienone is 2. The Labute approximate surface area is 116 Å². The molecule has 0 saturated heterocycles. The molecule has 0 radical (unpaired) electrons. The normalized spacial score (nSPS) is 17.6. The Hall–Kier alpha value is -1.79. The second kappa shape index (κ2) is 6.11. The molecule has 1 heterocycles. The number of alkyl halides is 3. The monoisotopic (exact) mass is 289 g/mol. The quantitative estimate of drug-likeness (QED) is 0.794. The number of nitrogens with zero attached hydrogens (tertiary/aromatic N) is 2. The molecule has 0 spiro atoms. The van der Waals surface area contributed by atoms with E-state index in [1.807, 2.05) is 20.8 Å². The molecule has 1 N–H and O–H groups in total. The van der Waals surface area contributed by atoms with Crippen LogP contribution in [0.15, 0.2) is 28.0 Å². The van der Waals surface area contributed by atoms with Crippen LogP contribution in [0.1, 0.15) is 20.8 Å². The predicted octanol–water partition coefficient (Wildman–Crippen LogP) is 3.09. The molecule has 0 aromatic heterocycles. The molecule has 0 atom stereocenters. The average Bonchev–Trinajstić information content (AvgIpc) is 2.30. The van der Waals surface area contributed by atoms with Crippen LogP contribution in [-0.4, -0.2) is 36.9 Å². The van der Waals surface area contributed by atoms with Crippen molar-refractivity contribution in [2.24, 2.45) is 10.9 Å². The zero-order chi connectivity index (χ0) is 15.5. The summed E-state index contributed by atoms with van der Waals surface area (Å²) >= 11 is 0. The predicted molar refractivity (Wildman–Crippen MR) is 71.3 cm³/mol. The third-order valence-electron chi connectivity index (χ3n) is 3.02. The van der Waals surface area contributed by atoms with Gasteiger partial charge in [-0.1, -0.05) is 19.4 Å². The first-order valence-electron chi connectivity index (χ1n) is 6.14. The van der Waals surface area contributed by atoms with Gasteiger partial charge in [-0.05, 0) is 25.6 Å². The van der Waals surface area contributed by atoms with Crippen molar-refractivity contribution in [2.45, 2.75) is 26.9 Å². The lowest BCUT2D eigenvalue weighted by atomic mass is 10.0. The molecular formula is C13H18F3N3O. The lowest BCUT2D eigenvalue weighted by Gasteiger charge is -2.29. The van der Waals surface area contributed by atoms with Gasteiger partial charge in [-0.3, -0.25) is 4.99 Å². The minimum absolute atomic E-state index is 0.202. The van der Waals surface area contributed by atoms with Crippen LogP contribution in [0.25, 0.3) is 0 Å². The molecule has 1 aliphatic rings. The molecule has 0 saturated carbocycles. The van der Waals surface area contributed by atoms with Gasteiger partial charge in [-0.2, -0.15) is 13.2 Å². The summed E-state index contributed by atoms with van der Waals surface area (Å²) in [6.07, 6.45) is -2.72. The van der Waals surface area contributed by atoms with Crippen LogP contribution in [0, 0.1) is 5.92 Å². The van der Waals surface area contributed by atoms with Crippen LogP contribution in [0.4, 0.5) is 18.0 Å². The van der Waals surface area contributed by atoms with Crippen molar-refractivity contribution < 1.29 is 18.0 Å². The van der Waals surface area contributed by atoms with Gasteiger partial charge in [0.2, 0.25) is 0 Å². The number of hydrogen-bond donors (Lipinski definition) is 1. The van der Waals surface area contributed by atoms with Gasteiger partial charge in [0.25, 0.3) is 0 Å². The fourth-order valence-electron chi connectivity index (χ4n) is 1.60. The van der Waals surface area contributed by atoms with Gasteiger partial charge in [0, 0.05) is 0 Å². The highest BCUT2D eigenvalue weighted by molar-refractivity contribution is 5.79. The van der Waals surface area contributed by atoms with E-state index in [0.717, 1.165) is 5.57 Å². The Morgan fingerprint density at radius 3 is 2.60 bits per heavy atom. The maximum Gasteiger partial charge on any atom is 0.406 e. The zero-order valence-corrected chi connectivity index (χ0v) is 11.7. The van der Waals surface area contributed by atoms with Crippen molar-refractivity contribution in [1.29, 1.82) is 0 Å². The Balaban J connectivity index is 3.00. The highest BCUT2D eigenvalue weighted by Crippen LogP contribution is 2.22. The zero-order valence-electron chi connectivity index (χ0n) is 11.7. The van der Waals surface area contributed by atoms with E-state index in [9.17, 15) is 18.0 Å².